The fraction of sp³-hybridized carbons (Fsp3) is 0.150. The molecule has 0 aliphatic heterocycles. The number of aromatic nitrogens is 2. The highest BCUT2D eigenvalue weighted by Gasteiger charge is 2.12. The molecule has 26 heavy (non-hydrogen) atoms. The van der Waals surface area contributed by atoms with Crippen molar-refractivity contribution in [2.75, 3.05) is 5.32 Å². The van der Waals surface area contributed by atoms with Gasteiger partial charge in [-0.05, 0) is 62.7 Å². The molecule has 0 bridgehead atoms. The van der Waals surface area contributed by atoms with Crippen molar-refractivity contribution in [3.8, 4) is 11.6 Å². The van der Waals surface area contributed by atoms with Crippen molar-refractivity contribution in [1.29, 1.82) is 0 Å². The lowest BCUT2D eigenvalue weighted by atomic mass is 10.1. The first-order valence-corrected chi connectivity index (χ1v) is 8.87. The zero-order valence-corrected chi connectivity index (χ0v) is 16.3. The van der Waals surface area contributed by atoms with Gasteiger partial charge in [-0.25, -0.2) is 4.98 Å². The van der Waals surface area contributed by atoms with E-state index in [9.17, 15) is 4.79 Å². The Morgan fingerprint density at radius 2 is 1.81 bits per heavy atom. The Hall–Kier alpha value is -2.73. The van der Waals surface area contributed by atoms with Crippen molar-refractivity contribution >= 4 is 27.5 Å². The quantitative estimate of drug-likeness (QED) is 0.639. The first kappa shape index (κ1) is 18.1. The highest BCUT2D eigenvalue weighted by Crippen LogP contribution is 2.23. The van der Waals surface area contributed by atoms with Crippen LogP contribution in [-0.2, 0) is 0 Å². The summed E-state index contributed by atoms with van der Waals surface area (Å²) in [4.78, 5) is 21.1. The predicted octanol–water partition coefficient (Wildman–Crippen LogP) is 5.21. The van der Waals surface area contributed by atoms with Crippen LogP contribution < -0.4 is 10.1 Å². The van der Waals surface area contributed by atoms with Gasteiger partial charge in [0.1, 0.15) is 5.75 Å². The summed E-state index contributed by atoms with van der Waals surface area (Å²) in [5.41, 5.74) is 3.88. The van der Waals surface area contributed by atoms with Crippen molar-refractivity contribution < 1.29 is 9.53 Å². The monoisotopic (exact) mass is 411 g/mol. The van der Waals surface area contributed by atoms with Gasteiger partial charge in [0.25, 0.3) is 5.91 Å². The Bertz CT molecular complexity index is 915. The maximum Gasteiger partial charge on any atom is 0.257 e. The average molecular weight is 412 g/mol. The molecule has 2 heterocycles. The molecule has 0 aliphatic rings. The van der Waals surface area contributed by atoms with Crippen LogP contribution in [0.15, 0.2) is 53.1 Å². The lowest BCUT2D eigenvalue weighted by Crippen LogP contribution is -2.15. The van der Waals surface area contributed by atoms with Gasteiger partial charge in [0.05, 0.1) is 16.9 Å². The van der Waals surface area contributed by atoms with E-state index in [0.717, 1.165) is 27.1 Å². The largest absolute Gasteiger partial charge is 0.439 e. The fourth-order valence-corrected chi connectivity index (χ4v) is 2.86. The van der Waals surface area contributed by atoms with Crippen molar-refractivity contribution in [1.82, 2.24) is 9.97 Å². The summed E-state index contributed by atoms with van der Waals surface area (Å²) in [6, 6.07) is 12.7. The third-order valence-electron chi connectivity index (χ3n) is 3.80. The van der Waals surface area contributed by atoms with E-state index in [2.05, 4.69) is 31.2 Å². The number of benzene rings is 1. The summed E-state index contributed by atoms with van der Waals surface area (Å²) < 4.78 is 6.64. The molecule has 0 spiro atoms. The number of carbonyl (C=O) groups excluding carboxylic acids is 1. The van der Waals surface area contributed by atoms with E-state index in [1.807, 2.05) is 51.1 Å². The topological polar surface area (TPSA) is 64.1 Å². The Morgan fingerprint density at radius 3 is 2.42 bits per heavy atom. The van der Waals surface area contributed by atoms with Crippen LogP contribution in [0, 0.1) is 20.8 Å². The Kier molecular flexibility index (Phi) is 5.32. The van der Waals surface area contributed by atoms with Crippen molar-refractivity contribution in [3.63, 3.8) is 0 Å². The number of nitrogens with one attached hydrogen (secondary N) is 1. The van der Waals surface area contributed by atoms with E-state index in [0.29, 0.717) is 17.2 Å². The van der Waals surface area contributed by atoms with Gasteiger partial charge in [-0.2, -0.15) is 0 Å². The zero-order valence-electron chi connectivity index (χ0n) is 14.7. The SMILES string of the molecule is Cc1cc(C)c(NC(=O)c2ccc(Oc3ccc(Br)cc3)nc2)c(C)n1. The van der Waals surface area contributed by atoms with Gasteiger partial charge in [-0.3, -0.25) is 9.78 Å². The summed E-state index contributed by atoms with van der Waals surface area (Å²) >= 11 is 3.38. The number of pyridine rings is 2. The molecule has 0 fully saturated rings. The first-order chi connectivity index (χ1) is 12.4. The number of anilines is 1. The minimum absolute atomic E-state index is 0.232. The number of hydrogen-bond acceptors (Lipinski definition) is 4. The third kappa shape index (κ3) is 4.26. The van der Waals surface area contributed by atoms with Crippen LogP contribution >= 0.6 is 15.9 Å². The molecule has 0 atom stereocenters. The van der Waals surface area contributed by atoms with Crippen LogP contribution in [-0.4, -0.2) is 15.9 Å². The number of nitrogens with zero attached hydrogens (tertiary/aromatic N) is 2. The van der Waals surface area contributed by atoms with E-state index in [4.69, 9.17) is 4.74 Å². The first-order valence-electron chi connectivity index (χ1n) is 8.08. The number of rotatable bonds is 4. The molecule has 1 aromatic carbocycles. The molecule has 5 nitrogen and oxygen atoms in total. The van der Waals surface area contributed by atoms with Crippen LogP contribution in [0.3, 0.4) is 0 Å². The minimum atomic E-state index is -0.232. The second-order valence-corrected chi connectivity index (χ2v) is 6.85. The van der Waals surface area contributed by atoms with Crippen molar-refractivity contribution in [2.24, 2.45) is 0 Å². The van der Waals surface area contributed by atoms with Gasteiger partial charge in [-0.15, -0.1) is 0 Å². The van der Waals surface area contributed by atoms with E-state index >= 15 is 0 Å². The molecular weight excluding hydrogens is 394 g/mol. The molecule has 2 aromatic heterocycles. The number of aryl methyl sites for hydroxylation is 3. The average Bonchev–Trinajstić information content (AvgIpc) is 2.60. The smallest absolute Gasteiger partial charge is 0.257 e. The maximum atomic E-state index is 12.5. The van der Waals surface area contributed by atoms with Crippen molar-refractivity contribution in [3.05, 3.63) is 75.6 Å². The van der Waals surface area contributed by atoms with Gasteiger partial charge >= 0.3 is 0 Å². The van der Waals surface area contributed by atoms with E-state index in [-0.39, 0.29) is 5.91 Å². The molecule has 0 aliphatic carbocycles. The minimum Gasteiger partial charge on any atom is -0.439 e. The molecule has 0 saturated heterocycles. The fourth-order valence-electron chi connectivity index (χ4n) is 2.60. The summed E-state index contributed by atoms with van der Waals surface area (Å²) in [6.45, 7) is 5.76. The second kappa shape index (κ2) is 7.66. The zero-order chi connectivity index (χ0) is 18.7. The number of ether oxygens (including phenoxy) is 1. The maximum absolute atomic E-state index is 12.5. The Labute approximate surface area is 160 Å². The lowest BCUT2D eigenvalue weighted by Gasteiger charge is -2.12. The Balaban J connectivity index is 1.72. The van der Waals surface area contributed by atoms with Crippen LogP contribution in [0.1, 0.15) is 27.3 Å². The summed E-state index contributed by atoms with van der Waals surface area (Å²) in [5, 5.41) is 2.91. The second-order valence-electron chi connectivity index (χ2n) is 5.94. The molecule has 0 radical (unpaired) electrons. The molecule has 3 rings (SSSR count). The summed E-state index contributed by atoms with van der Waals surface area (Å²) in [7, 11) is 0. The third-order valence-corrected chi connectivity index (χ3v) is 4.33. The lowest BCUT2D eigenvalue weighted by molar-refractivity contribution is 0.102. The highest BCUT2D eigenvalue weighted by molar-refractivity contribution is 9.10. The van der Waals surface area contributed by atoms with Crippen LogP contribution in [0.4, 0.5) is 5.69 Å². The standard InChI is InChI=1S/C20H18BrN3O2/c1-12-10-13(2)23-14(3)19(12)24-20(25)15-4-9-18(22-11-15)26-17-7-5-16(21)6-8-17/h4-11H,1-3H3,(H,24,25). The number of carbonyl (C=O) groups is 1. The molecule has 1 N–H and O–H groups in total. The summed E-state index contributed by atoms with van der Waals surface area (Å²) in [6.07, 6.45) is 1.50. The van der Waals surface area contributed by atoms with Gasteiger partial charge in [0.2, 0.25) is 5.88 Å². The van der Waals surface area contributed by atoms with Crippen molar-refractivity contribution in [2.45, 2.75) is 20.8 Å². The highest BCUT2D eigenvalue weighted by atomic mass is 79.9. The van der Waals surface area contributed by atoms with E-state index < -0.39 is 0 Å². The molecule has 1 amide bonds. The van der Waals surface area contributed by atoms with Gasteiger partial charge in [0, 0.05) is 22.4 Å². The van der Waals surface area contributed by atoms with Crippen LogP contribution in [0.25, 0.3) is 0 Å². The summed E-state index contributed by atoms with van der Waals surface area (Å²) in [5.74, 6) is 0.868. The van der Waals surface area contributed by atoms with Crippen LogP contribution in [0.2, 0.25) is 0 Å². The molecule has 3 aromatic rings. The van der Waals surface area contributed by atoms with Crippen LogP contribution in [0.5, 0.6) is 11.6 Å². The Morgan fingerprint density at radius 1 is 1.08 bits per heavy atom. The normalized spacial score (nSPS) is 10.5. The molecular formula is C20H18BrN3O2. The molecule has 6 heteroatoms. The molecule has 0 unspecified atom stereocenters. The van der Waals surface area contributed by atoms with E-state index in [1.165, 1.54) is 6.20 Å². The molecule has 132 valence electrons. The van der Waals surface area contributed by atoms with E-state index in [1.54, 1.807) is 12.1 Å². The predicted molar refractivity (Wildman–Crippen MR) is 105 cm³/mol. The number of halogens is 1. The van der Waals surface area contributed by atoms with Gasteiger partial charge in [-0.1, -0.05) is 15.9 Å². The number of amides is 1. The van der Waals surface area contributed by atoms with Gasteiger partial charge < -0.3 is 10.1 Å². The molecule has 0 saturated carbocycles. The van der Waals surface area contributed by atoms with Gasteiger partial charge in [0.15, 0.2) is 0 Å². The number of hydrogen-bond donors (Lipinski definition) is 1.